The summed E-state index contributed by atoms with van der Waals surface area (Å²) in [5.41, 5.74) is 1.21. The molecule has 0 amide bonds. The van der Waals surface area contributed by atoms with Gasteiger partial charge in [-0.3, -0.25) is 0 Å². The molecule has 0 heterocycles. The van der Waals surface area contributed by atoms with Crippen molar-refractivity contribution in [3.63, 3.8) is 0 Å². The van der Waals surface area contributed by atoms with Crippen LogP contribution in [-0.4, -0.2) is 20.2 Å². The zero-order chi connectivity index (χ0) is 17.1. The molecule has 24 heavy (non-hydrogen) atoms. The Kier molecular flexibility index (Phi) is 4.38. The van der Waals surface area contributed by atoms with Crippen LogP contribution in [0.25, 0.3) is 10.8 Å². The molecular formula is C20H18O4. The molecular weight excluding hydrogens is 304 g/mol. The van der Waals surface area contributed by atoms with Crippen LogP contribution in [0.3, 0.4) is 0 Å². The summed E-state index contributed by atoms with van der Waals surface area (Å²) in [7, 11) is 3.11. The van der Waals surface area contributed by atoms with E-state index in [4.69, 9.17) is 14.2 Å². The quantitative estimate of drug-likeness (QED) is 0.528. The Morgan fingerprint density at radius 2 is 1.46 bits per heavy atom. The molecule has 0 saturated carbocycles. The lowest BCUT2D eigenvalue weighted by molar-refractivity contribution is 0.0734. The van der Waals surface area contributed by atoms with E-state index in [9.17, 15) is 4.79 Å². The highest BCUT2D eigenvalue weighted by Gasteiger charge is 2.15. The van der Waals surface area contributed by atoms with Crippen molar-refractivity contribution in [2.45, 2.75) is 6.92 Å². The summed E-state index contributed by atoms with van der Waals surface area (Å²) in [5, 5.41) is 2.11. The first-order valence-corrected chi connectivity index (χ1v) is 7.56. The van der Waals surface area contributed by atoms with Crippen LogP contribution < -0.4 is 14.2 Å². The minimum atomic E-state index is -0.457. The number of benzene rings is 3. The van der Waals surface area contributed by atoms with Crippen LogP contribution in [0, 0.1) is 6.92 Å². The van der Waals surface area contributed by atoms with Gasteiger partial charge in [-0.2, -0.15) is 0 Å². The molecule has 122 valence electrons. The number of esters is 1. The molecule has 4 nitrogen and oxygen atoms in total. The number of carbonyl (C=O) groups excluding carboxylic acids is 1. The van der Waals surface area contributed by atoms with Crippen LogP contribution in [0.2, 0.25) is 0 Å². The summed E-state index contributed by atoms with van der Waals surface area (Å²) < 4.78 is 16.1. The molecule has 4 heteroatoms. The van der Waals surface area contributed by atoms with Crippen molar-refractivity contribution >= 4 is 16.7 Å². The van der Waals surface area contributed by atoms with Crippen LogP contribution >= 0.6 is 0 Å². The van der Waals surface area contributed by atoms with E-state index in [1.54, 1.807) is 32.4 Å². The maximum atomic E-state index is 12.5. The topological polar surface area (TPSA) is 44.8 Å². The summed E-state index contributed by atoms with van der Waals surface area (Å²) in [6, 6.07) is 16.8. The second-order valence-electron chi connectivity index (χ2n) is 5.40. The molecule has 0 bridgehead atoms. The van der Waals surface area contributed by atoms with E-state index in [1.807, 2.05) is 43.3 Å². The summed E-state index contributed by atoms with van der Waals surface area (Å²) in [6.45, 7) is 1.87. The molecule has 0 radical (unpaired) electrons. The highest BCUT2D eigenvalue weighted by atomic mass is 16.5. The van der Waals surface area contributed by atoms with E-state index in [-0.39, 0.29) is 0 Å². The third-order valence-corrected chi connectivity index (χ3v) is 3.92. The van der Waals surface area contributed by atoms with E-state index in [2.05, 4.69) is 0 Å². The predicted molar refractivity (Wildman–Crippen MR) is 93.2 cm³/mol. The first-order chi connectivity index (χ1) is 11.6. The van der Waals surface area contributed by atoms with Crippen molar-refractivity contribution in [2.75, 3.05) is 14.2 Å². The van der Waals surface area contributed by atoms with Crippen molar-refractivity contribution in [3.8, 4) is 17.2 Å². The minimum Gasteiger partial charge on any atom is -0.496 e. The molecule has 0 aliphatic carbocycles. The zero-order valence-electron chi connectivity index (χ0n) is 13.8. The van der Waals surface area contributed by atoms with Gasteiger partial charge >= 0.3 is 5.97 Å². The van der Waals surface area contributed by atoms with E-state index >= 15 is 0 Å². The Bertz CT molecular complexity index is 874. The highest BCUT2D eigenvalue weighted by Crippen LogP contribution is 2.30. The second-order valence-corrected chi connectivity index (χ2v) is 5.40. The minimum absolute atomic E-state index is 0.377. The fourth-order valence-electron chi connectivity index (χ4n) is 2.60. The fraction of sp³-hybridized carbons (Fsp3) is 0.150. The number of fused-ring (bicyclic) bond motifs is 1. The van der Waals surface area contributed by atoms with Crippen molar-refractivity contribution < 1.29 is 19.0 Å². The molecule has 0 aliphatic rings. The van der Waals surface area contributed by atoms with Gasteiger partial charge in [-0.05, 0) is 42.0 Å². The van der Waals surface area contributed by atoms with Gasteiger partial charge in [0, 0.05) is 5.56 Å². The molecule has 0 unspecified atom stereocenters. The molecule has 0 N–H and O–H groups in total. The number of ether oxygens (including phenoxy) is 3. The van der Waals surface area contributed by atoms with Crippen LogP contribution in [0.5, 0.6) is 17.2 Å². The van der Waals surface area contributed by atoms with Crippen LogP contribution in [0.1, 0.15) is 15.9 Å². The van der Waals surface area contributed by atoms with Gasteiger partial charge in [0.2, 0.25) is 0 Å². The number of hydrogen-bond acceptors (Lipinski definition) is 4. The molecule has 0 spiro atoms. The van der Waals surface area contributed by atoms with Gasteiger partial charge in [-0.25, -0.2) is 4.79 Å². The standard InChI is InChI=1S/C20H18O4/c1-13-18(22-2)11-16(12-19(13)23-3)20(21)24-17-9-8-14-6-4-5-7-15(14)10-17/h4-12H,1-3H3. The molecule has 0 saturated heterocycles. The second kappa shape index (κ2) is 6.62. The lowest BCUT2D eigenvalue weighted by atomic mass is 10.1. The van der Waals surface area contributed by atoms with Gasteiger partial charge in [-0.15, -0.1) is 0 Å². The summed E-state index contributed by atoms with van der Waals surface area (Å²) >= 11 is 0. The van der Waals surface area contributed by atoms with E-state index in [0.29, 0.717) is 22.8 Å². The maximum Gasteiger partial charge on any atom is 0.343 e. The molecule has 3 rings (SSSR count). The monoisotopic (exact) mass is 322 g/mol. The van der Waals surface area contributed by atoms with Crippen molar-refractivity contribution in [1.29, 1.82) is 0 Å². The molecule has 3 aromatic rings. The fourth-order valence-corrected chi connectivity index (χ4v) is 2.60. The number of methoxy groups -OCH3 is 2. The van der Waals surface area contributed by atoms with Crippen molar-refractivity contribution in [2.24, 2.45) is 0 Å². The van der Waals surface area contributed by atoms with E-state index < -0.39 is 5.97 Å². The number of carbonyl (C=O) groups is 1. The molecule has 0 fully saturated rings. The third-order valence-electron chi connectivity index (χ3n) is 3.92. The average Bonchev–Trinajstić information content (AvgIpc) is 2.61. The normalized spacial score (nSPS) is 10.5. The number of rotatable bonds is 4. The molecule has 0 aromatic heterocycles. The third kappa shape index (κ3) is 3.04. The van der Waals surface area contributed by atoms with Crippen molar-refractivity contribution in [3.05, 3.63) is 65.7 Å². The SMILES string of the molecule is COc1cc(C(=O)Oc2ccc3ccccc3c2)cc(OC)c1C. The van der Waals surface area contributed by atoms with Crippen LogP contribution in [0.4, 0.5) is 0 Å². The lowest BCUT2D eigenvalue weighted by Crippen LogP contribution is -2.09. The van der Waals surface area contributed by atoms with Crippen LogP contribution in [0.15, 0.2) is 54.6 Å². The first-order valence-electron chi connectivity index (χ1n) is 7.56. The lowest BCUT2D eigenvalue weighted by Gasteiger charge is -2.12. The van der Waals surface area contributed by atoms with E-state index in [1.165, 1.54) is 0 Å². The highest BCUT2D eigenvalue weighted by molar-refractivity contribution is 5.93. The summed E-state index contributed by atoms with van der Waals surface area (Å²) in [6.07, 6.45) is 0. The smallest absolute Gasteiger partial charge is 0.343 e. The Morgan fingerprint density at radius 3 is 2.08 bits per heavy atom. The van der Waals surface area contributed by atoms with Gasteiger partial charge in [0.1, 0.15) is 17.2 Å². The van der Waals surface area contributed by atoms with E-state index in [0.717, 1.165) is 16.3 Å². The van der Waals surface area contributed by atoms with Crippen molar-refractivity contribution in [1.82, 2.24) is 0 Å². The Morgan fingerprint density at radius 1 is 0.833 bits per heavy atom. The van der Waals surface area contributed by atoms with Gasteiger partial charge in [0.05, 0.1) is 19.8 Å². The molecule has 3 aromatic carbocycles. The Labute approximate surface area is 140 Å². The Balaban J connectivity index is 1.91. The van der Waals surface area contributed by atoms with Gasteiger partial charge in [0.15, 0.2) is 0 Å². The average molecular weight is 322 g/mol. The Hall–Kier alpha value is -3.01. The van der Waals surface area contributed by atoms with Gasteiger partial charge < -0.3 is 14.2 Å². The first kappa shape index (κ1) is 15.9. The zero-order valence-corrected chi connectivity index (χ0v) is 13.8. The number of hydrogen-bond donors (Lipinski definition) is 0. The maximum absolute atomic E-state index is 12.5. The molecule has 0 atom stereocenters. The van der Waals surface area contributed by atoms with Crippen LogP contribution in [-0.2, 0) is 0 Å². The summed E-state index contributed by atoms with van der Waals surface area (Å²) in [4.78, 5) is 12.5. The van der Waals surface area contributed by atoms with Gasteiger partial charge in [-0.1, -0.05) is 30.3 Å². The molecule has 0 aliphatic heterocycles. The largest absolute Gasteiger partial charge is 0.496 e. The summed E-state index contributed by atoms with van der Waals surface area (Å²) in [5.74, 6) is 1.21. The van der Waals surface area contributed by atoms with Gasteiger partial charge in [0.25, 0.3) is 0 Å². The predicted octanol–water partition coefficient (Wildman–Crippen LogP) is 4.38.